The third-order valence-electron chi connectivity index (χ3n) is 4.26. The molecule has 0 heterocycles. The van der Waals surface area contributed by atoms with E-state index in [0.717, 1.165) is 31.0 Å². The quantitative estimate of drug-likeness (QED) is 0.474. The number of guanidine groups is 1. The maximum absolute atomic E-state index is 10.7. The van der Waals surface area contributed by atoms with Crippen LogP contribution in [0.2, 0.25) is 0 Å². The number of aliphatic hydroxyl groups is 1. The second-order valence-electron chi connectivity index (χ2n) is 7.46. The van der Waals surface area contributed by atoms with E-state index in [9.17, 15) is 5.11 Å². The summed E-state index contributed by atoms with van der Waals surface area (Å²) in [7, 11) is 4.22. The number of likely N-dealkylation sites (N-methyl/N-ethyl adjacent to an activating group) is 1. The van der Waals surface area contributed by atoms with Crippen LogP contribution in [0.4, 0.5) is 0 Å². The maximum Gasteiger partial charge on any atom is 0.191 e. The predicted octanol–water partition coefficient (Wildman–Crippen LogP) is 2.43. The Morgan fingerprint density at radius 3 is 2.36 bits per heavy atom. The molecule has 5 nitrogen and oxygen atoms in total. The molecule has 0 saturated heterocycles. The molecule has 5 heteroatoms. The molecule has 3 N–H and O–H groups in total. The van der Waals surface area contributed by atoms with Crippen molar-refractivity contribution >= 4 is 5.96 Å². The molecule has 1 aromatic rings. The summed E-state index contributed by atoms with van der Waals surface area (Å²) in [6.07, 6.45) is 1.13. The molecule has 1 aromatic carbocycles. The van der Waals surface area contributed by atoms with Gasteiger partial charge in [0.05, 0.1) is 6.54 Å². The Bertz CT molecular complexity index is 512. The summed E-state index contributed by atoms with van der Waals surface area (Å²) in [5.41, 5.74) is -0.108. The van der Waals surface area contributed by atoms with Gasteiger partial charge in [-0.05, 0) is 45.8 Å². The smallest absolute Gasteiger partial charge is 0.191 e. The minimum absolute atomic E-state index is 0.309. The highest BCUT2D eigenvalue weighted by atomic mass is 16.3. The number of rotatable bonds is 9. The molecule has 142 valence electrons. The number of benzene rings is 1. The summed E-state index contributed by atoms with van der Waals surface area (Å²) >= 11 is 0. The zero-order valence-corrected chi connectivity index (χ0v) is 16.7. The molecule has 0 radical (unpaired) electrons. The molecule has 0 spiro atoms. The average Bonchev–Trinajstić information content (AvgIpc) is 2.56. The lowest BCUT2D eigenvalue weighted by molar-refractivity contribution is 0.0672. The van der Waals surface area contributed by atoms with Crippen molar-refractivity contribution in [2.24, 2.45) is 10.9 Å². The summed E-state index contributed by atoms with van der Waals surface area (Å²) < 4.78 is 0. The van der Waals surface area contributed by atoms with Crippen LogP contribution in [0.1, 0.15) is 39.7 Å². The van der Waals surface area contributed by atoms with Gasteiger partial charge in [0.25, 0.3) is 0 Å². The largest absolute Gasteiger partial charge is 0.384 e. The van der Waals surface area contributed by atoms with Crippen molar-refractivity contribution in [1.82, 2.24) is 15.5 Å². The molecule has 0 amide bonds. The van der Waals surface area contributed by atoms with Crippen LogP contribution in [0.5, 0.6) is 0 Å². The van der Waals surface area contributed by atoms with Gasteiger partial charge in [0.15, 0.2) is 5.96 Å². The van der Waals surface area contributed by atoms with Crippen LogP contribution in [-0.2, 0) is 5.60 Å². The zero-order chi connectivity index (χ0) is 18.9. The van der Waals surface area contributed by atoms with Crippen LogP contribution in [0.15, 0.2) is 35.3 Å². The molecule has 0 aliphatic carbocycles. The number of nitrogens with zero attached hydrogens (tertiary/aromatic N) is 2. The van der Waals surface area contributed by atoms with E-state index in [1.807, 2.05) is 37.3 Å². The van der Waals surface area contributed by atoms with Crippen molar-refractivity contribution in [3.8, 4) is 0 Å². The van der Waals surface area contributed by atoms with Crippen molar-refractivity contribution in [3.63, 3.8) is 0 Å². The van der Waals surface area contributed by atoms with E-state index in [1.165, 1.54) is 0 Å². The minimum atomic E-state index is -0.984. The Labute approximate surface area is 153 Å². The van der Waals surface area contributed by atoms with Gasteiger partial charge in [-0.2, -0.15) is 0 Å². The molecule has 0 fully saturated rings. The van der Waals surface area contributed by atoms with Crippen LogP contribution in [0, 0.1) is 5.92 Å². The second kappa shape index (κ2) is 10.4. The molecule has 0 saturated carbocycles. The lowest BCUT2D eigenvalue weighted by atomic mass is 9.96. The summed E-state index contributed by atoms with van der Waals surface area (Å²) in [5, 5.41) is 17.4. The summed E-state index contributed by atoms with van der Waals surface area (Å²) in [6.45, 7) is 10.3. The second-order valence-corrected chi connectivity index (χ2v) is 7.46. The molecule has 0 bridgehead atoms. The Balaban J connectivity index is 2.73. The van der Waals surface area contributed by atoms with E-state index in [1.54, 1.807) is 6.92 Å². The van der Waals surface area contributed by atoms with E-state index in [-0.39, 0.29) is 0 Å². The van der Waals surface area contributed by atoms with Crippen molar-refractivity contribution in [2.45, 2.75) is 45.8 Å². The first-order valence-electron chi connectivity index (χ1n) is 9.22. The highest BCUT2D eigenvalue weighted by Crippen LogP contribution is 2.20. The number of nitrogens with one attached hydrogen (secondary N) is 2. The molecule has 0 aliphatic rings. The van der Waals surface area contributed by atoms with Crippen molar-refractivity contribution < 1.29 is 5.11 Å². The third-order valence-corrected chi connectivity index (χ3v) is 4.26. The van der Waals surface area contributed by atoms with Gasteiger partial charge in [-0.1, -0.05) is 44.2 Å². The molecule has 1 rings (SSSR count). The van der Waals surface area contributed by atoms with Gasteiger partial charge < -0.3 is 20.6 Å². The summed E-state index contributed by atoms with van der Waals surface area (Å²) in [4.78, 5) is 6.84. The van der Waals surface area contributed by atoms with Gasteiger partial charge in [-0.15, -0.1) is 0 Å². The first-order valence-corrected chi connectivity index (χ1v) is 9.22. The molecule has 2 atom stereocenters. The predicted molar refractivity (Wildman–Crippen MR) is 107 cm³/mol. The SMILES string of the molecule is CCNC(=NCC(C)(O)c1ccccc1)NCC(CC(C)C)N(C)C. The molecular weight excluding hydrogens is 312 g/mol. The summed E-state index contributed by atoms with van der Waals surface area (Å²) in [5.74, 6) is 1.39. The third kappa shape index (κ3) is 7.88. The van der Waals surface area contributed by atoms with Crippen LogP contribution in [0.3, 0.4) is 0 Å². The van der Waals surface area contributed by atoms with Crippen molar-refractivity contribution in [1.29, 1.82) is 0 Å². The first-order chi connectivity index (χ1) is 11.8. The number of hydrogen-bond acceptors (Lipinski definition) is 3. The van der Waals surface area contributed by atoms with Gasteiger partial charge in [-0.25, -0.2) is 4.99 Å². The number of hydrogen-bond donors (Lipinski definition) is 3. The topological polar surface area (TPSA) is 59.9 Å². The van der Waals surface area contributed by atoms with Gasteiger partial charge in [0.1, 0.15) is 5.60 Å². The van der Waals surface area contributed by atoms with Crippen LogP contribution >= 0.6 is 0 Å². The summed E-state index contributed by atoms with van der Waals surface area (Å²) in [6, 6.07) is 10.1. The fourth-order valence-corrected chi connectivity index (χ4v) is 2.70. The van der Waals surface area contributed by atoms with Crippen molar-refractivity contribution in [3.05, 3.63) is 35.9 Å². The monoisotopic (exact) mass is 348 g/mol. The Kier molecular flexibility index (Phi) is 8.93. The molecule has 0 aliphatic heterocycles. The van der Waals surface area contributed by atoms with Crippen molar-refractivity contribution in [2.75, 3.05) is 33.7 Å². The molecule has 25 heavy (non-hydrogen) atoms. The van der Waals surface area contributed by atoms with Crippen LogP contribution < -0.4 is 10.6 Å². The van der Waals surface area contributed by atoms with Gasteiger partial charge in [0, 0.05) is 19.1 Å². The maximum atomic E-state index is 10.7. The van der Waals surface area contributed by atoms with E-state index < -0.39 is 5.60 Å². The lowest BCUT2D eigenvalue weighted by Gasteiger charge is -2.27. The van der Waals surface area contributed by atoms with Crippen LogP contribution in [-0.4, -0.2) is 55.7 Å². The fraction of sp³-hybridized carbons (Fsp3) is 0.650. The molecule has 2 unspecified atom stereocenters. The minimum Gasteiger partial charge on any atom is -0.384 e. The molecule has 0 aromatic heterocycles. The highest BCUT2D eigenvalue weighted by molar-refractivity contribution is 5.79. The first kappa shape index (κ1) is 21.5. The van der Waals surface area contributed by atoms with E-state index in [4.69, 9.17) is 0 Å². The Morgan fingerprint density at radius 2 is 1.84 bits per heavy atom. The van der Waals surface area contributed by atoms with E-state index in [0.29, 0.717) is 18.5 Å². The van der Waals surface area contributed by atoms with E-state index in [2.05, 4.69) is 48.5 Å². The molecular formula is C20H36N4O. The Hall–Kier alpha value is -1.59. The Morgan fingerprint density at radius 1 is 1.20 bits per heavy atom. The average molecular weight is 349 g/mol. The number of aliphatic imine (C=N–C) groups is 1. The van der Waals surface area contributed by atoms with Gasteiger partial charge in [0.2, 0.25) is 0 Å². The zero-order valence-electron chi connectivity index (χ0n) is 16.7. The normalized spacial score (nSPS) is 16.0. The van der Waals surface area contributed by atoms with E-state index >= 15 is 0 Å². The fourth-order valence-electron chi connectivity index (χ4n) is 2.70. The lowest BCUT2D eigenvalue weighted by Crippen LogP contribution is -2.46. The highest BCUT2D eigenvalue weighted by Gasteiger charge is 2.22. The van der Waals surface area contributed by atoms with Crippen LogP contribution in [0.25, 0.3) is 0 Å². The van der Waals surface area contributed by atoms with Gasteiger partial charge in [-0.3, -0.25) is 0 Å². The van der Waals surface area contributed by atoms with Gasteiger partial charge >= 0.3 is 0 Å². The standard InChI is InChI=1S/C20H36N4O/c1-7-21-19(22-14-18(24(5)6)13-16(2)3)23-15-20(4,25)17-11-9-8-10-12-17/h8-12,16,18,25H,7,13-15H2,1-6H3,(H2,21,22,23).